The quantitative estimate of drug-likeness (QED) is 0.405. The maximum absolute atomic E-state index is 14.6. The first-order valence-corrected chi connectivity index (χ1v) is 8.46. The fourth-order valence-corrected chi connectivity index (χ4v) is 2.90. The van der Waals surface area contributed by atoms with Crippen molar-refractivity contribution < 1.29 is 31.1 Å². The number of halogens is 6. The van der Waals surface area contributed by atoms with E-state index in [1.54, 1.807) is 25.1 Å². The van der Waals surface area contributed by atoms with Gasteiger partial charge in [-0.1, -0.05) is 36.4 Å². The Morgan fingerprint density at radius 2 is 1.28 bits per heavy atom. The van der Waals surface area contributed by atoms with Gasteiger partial charge in [-0.25, -0.2) is 17.6 Å². The predicted octanol–water partition coefficient (Wildman–Crippen LogP) is 7.21. The number of benzene rings is 3. The maximum atomic E-state index is 14.6. The molecule has 29 heavy (non-hydrogen) atoms. The molecule has 0 aromatic heterocycles. The molecule has 0 amide bonds. The molecule has 150 valence electrons. The summed E-state index contributed by atoms with van der Waals surface area (Å²) in [5.74, 6) is -5.45. The molecule has 3 aromatic carbocycles. The Bertz CT molecular complexity index is 1050. The molecule has 0 atom stereocenters. The van der Waals surface area contributed by atoms with Crippen molar-refractivity contribution in [3.05, 3.63) is 83.4 Å². The minimum absolute atomic E-state index is 0.154. The first kappa shape index (κ1) is 20.5. The predicted molar refractivity (Wildman–Crippen MR) is 98.5 cm³/mol. The highest BCUT2D eigenvalue weighted by atomic mass is 19.3. The zero-order valence-electron chi connectivity index (χ0n) is 15.0. The van der Waals surface area contributed by atoms with Gasteiger partial charge in [0, 0.05) is 11.1 Å². The fourth-order valence-electron chi connectivity index (χ4n) is 2.90. The van der Waals surface area contributed by atoms with Crippen molar-refractivity contribution in [1.82, 2.24) is 0 Å². The number of alkyl halides is 2. The summed E-state index contributed by atoms with van der Waals surface area (Å²) in [6, 6.07) is 9.48. The number of ether oxygens (including phenoxy) is 1. The Labute approximate surface area is 162 Å². The van der Waals surface area contributed by atoms with Gasteiger partial charge in [-0.2, -0.15) is 8.78 Å². The van der Waals surface area contributed by atoms with Gasteiger partial charge in [0.1, 0.15) is 11.6 Å². The second-order valence-corrected chi connectivity index (χ2v) is 6.08. The molecule has 0 aliphatic carbocycles. The van der Waals surface area contributed by atoms with Crippen LogP contribution in [0, 0.1) is 23.3 Å². The lowest BCUT2D eigenvalue weighted by Gasteiger charge is -2.11. The number of allylic oxidation sites excluding steroid dienone is 1. The third-order valence-corrected chi connectivity index (χ3v) is 4.15. The summed E-state index contributed by atoms with van der Waals surface area (Å²) in [5.41, 5.74) is 0.634. The Balaban J connectivity index is 1.98. The lowest BCUT2D eigenvalue weighted by molar-refractivity contribution is -0.0546. The van der Waals surface area contributed by atoms with Gasteiger partial charge < -0.3 is 4.74 Å². The Morgan fingerprint density at radius 1 is 0.724 bits per heavy atom. The largest absolute Gasteiger partial charge is 0.429 e. The summed E-state index contributed by atoms with van der Waals surface area (Å²) in [7, 11) is 0. The highest BCUT2D eigenvalue weighted by Crippen LogP contribution is 2.33. The second-order valence-electron chi connectivity index (χ2n) is 6.08. The van der Waals surface area contributed by atoms with Gasteiger partial charge in [0.25, 0.3) is 0 Å². The summed E-state index contributed by atoms with van der Waals surface area (Å²) < 4.78 is 85.0. The highest BCUT2D eigenvalue weighted by Gasteiger charge is 2.19. The Hall–Kier alpha value is -3.22. The molecular formula is C22H14F6O. The van der Waals surface area contributed by atoms with Crippen LogP contribution in [-0.4, -0.2) is 6.61 Å². The zero-order valence-corrected chi connectivity index (χ0v) is 15.0. The van der Waals surface area contributed by atoms with E-state index in [2.05, 4.69) is 4.74 Å². The molecule has 0 fully saturated rings. The van der Waals surface area contributed by atoms with Crippen molar-refractivity contribution >= 4 is 6.08 Å². The van der Waals surface area contributed by atoms with Crippen molar-refractivity contribution in [2.75, 3.05) is 0 Å². The molecule has 0 unspecified atom stereocenters. The molecule has 3 aromatic rings. The molecule has 0 bridgehead atoms. The minimum Gasteiger partial charge on any atom is -0.429 e. The molecule has 0 saturated carbocycles. The topological polar surface area (TPSA) is 9.23 Å². The van der Waals surface area contributed by atoms with Gasteiger partial charge in [-0.05, 0) is 47.9 Å². The van der Waals surface area contributed by atoms with Gasteiger partial charge in [0.15, 0.2) is 17.4 Å². The SMILES string of the molecule is CC=Cc1ccc(-c2ccc(-c3cc(F)c(OC(F)F)c(F)c3)c(F)c2)c(F)c1. The smallest absolute Gasteiger partial charge is 0.387 e. The van der Waals surface area contributed by atoms with Crippen molar-refractivity contribution in [2.45, 2.75) is 13.5 Å². The molecule has 0 aliphatic heterocycles. The summed E-state index contributed by atoms with van der Waals surface area (Å²) in [5, 5.41) is 0. The van der Waals surface area contributed by atoms with Gasteiger partial charge in [0.05, 0.1) is 0 Å². The number of hydrogen-bond acceptors (Lipinski definition) is 1. The third kappa shape index (κ3) is 4.45. The molecule has 0 aliphatic rings. The monoisotopic (exact) mass is 408 g/mol. The van der Waals surface area contributed by atoms with Crippen LogP contribution in [0.2, 0.25) is 0 Å². The molecule has 0 spiro atoms. The standard InChI is InChI=1S/C22H14F6O/c1-2-3-12-4-6-15(17(23)8-12)13-5-7-16(18(24)9-13)14-10-19(25)21(20(26)11-14)29-22(27)28/h2-11,22H,1H3. The van der Waals surface area contributed by atoms with Gasteiger partial charge in [-0.3, -0.25) is 0 Å². The van der Waals surface area contributed by atoms with E-state index in [9.17, 15) is 26.3 Å². The van der Waals surface area contributed by atoms with E-state index < -0.39 is 35.6 Å². The van der Waals surface area contributed by atoms with Crippen LogP contribution in [0.4, 0.5) is 26.3 Å². The van der Waals surface area contributed by atoms with Gasteiger partial charge >= 0.3 is 6.61 Å². The highest BCUT2D eigenvalue weighted by molar-refractivity contribution is 5.72. The van der Waals surface area contributed by atoms with Crippen LogP contribution in [0.15, 0.2) is 54.6 Å². The Kier molecular flexibility index (Phi) is 5.96. The van der Waals surface area contributed by atoms with Crippen LogP contribution in [-0.2, 0) is 0 Å². The van der Waals surface area contributed by atoms with Crippen LogP contribution in [0.1, 0.15) is 12.5 Å². The summed E-state index contributed by atoms with van der Waals surface area (Å²) >= 11 is 0. The van der Waals surface area contributed by atoms with Crippen molar-refractivity contribution in [2.24, 2.45) is 0 Å². The van der Waals surface area contributed by atoms with E-state index in [0.29, 0.717) is 17.7 Å². The average Bonchev–Trinajstić information content (AvgIpc) is 2.64. The number of hydrogen-bond donors (Lipinski definition) is 0. The minimum atomic E-state index is -3.41. The third-order valence-electron chi connectivity index (χ3n) is 4.15. The molecule has 3 rings (SSSR count). The lowest BCUT2D eigenvalue weighted by atomic mass is 9.98. The molecule has 7 heteroatoms. The van der Waals surface area contributed by atoms with Crippen LogP contribution in [0.3, 0.4) is 0 Å². The lowest BCUT2D eigenvalue weighted by Crippen LogP contribution is -2.06. The first-order chi connectivity index (χ1) is 13.8. The van der Waals surface area contributed by atoms with Gasteiger partial charge in [0.2, 0.25) is 0 Å². The van der Waals surface area contributed by atoms with E-state index in [1.807, 2.05) is 0 Å². The normalized spacial score (nSPS) is 11.4. The molecule has 1 nitrogen and oxygen atoms in total. The zero-order chi connectivity index (χ0) is 21.1. The summed E-state index contributed by atoms with van der Waals surface area (Å²) in [4.78, 5) is 0. The molecule has 0 saturated heterocycles. The van der Waals surface area contributed by atoms with Crippen molar-refractivity contribution in [3.8, 4) is 28.0 Å². The fraction of sp³-hybridized carbons (Fsp3) is 0.0909. The molecule has 0 radical (unpaired) electrons. The van der Waals surface area contributed by atoms with E-state index in [4.69, 9.17) is 0 Å². The van der Waals surface area contributed by atoms with Crippen LogP contribution in [0.5, 0.6) is 5.75 Å². The van der Waals surface area contributed by atoms with E-state index in [1.165, 1.54) is 24.3 Å². The summed E-state index contributed by atoms with van der Waals surface area (Å²) in [6.45, 7) is -1.62. The van der Waals surface area contributed by atoms with Crippen molar-refractivity contribution in [3.63, 3.8) is 0 Å². The van der Waals surface area contributed by atoms with E-state index >= 15 is 0 Å². The molecule has 0 N–H and O–H groups in total. The average molecular weight is 408 g/mol. The van der Waals surface area contributed by atoms with Gasteiger partial charge in [-0.15, -0.1) is 0 Å². The first-order valence-electron chi connectivity index (χ1n) is 8.46. The van der Waals surface area contributed by atoms with Crippen LogP contribution < -0.4 is 4.74 Å². The number of rotatable bonds is 5. The second kappa shape index (κ2) is 8.43. The Morgan fingerprint density at radius 3 is 1.83 bits per heavy atom. The maximum Gasteiger partial charge on any atom is 0.387 e. The van der Waals surface area contributed by atoms with E-state index in [-0.39, 0.29) is 22.3 Å². The van der Waals surface area contributed by atoms with Crippen LogP contribution >= 0.6 is 0 Å². The van der Waals surface area contributed by atoms with Crippen molar-refractivity contribution in [1.29, 1.82) is 0 Å². The van der Waals surface area contributed by atoms with Crippen LogP contribution in [0.25, 0.3) is 28.3 Å². The molecular weight excluding hydrogens is 394 g/mol. The molecule has 0 heterocycles. The summed E-state index contributed by atoms with van der Waals surface area (Å²) in [6.07, 6.45) is 3.46. The van der Waals surface area contributed by atoms with E-state index in [0.717, 1.165) is 6.07 Å².